The van der Waals surface area contributed by atoms with Crippen molar-refractivity contribution in [3.05, 3.63) is 34.9 Å². The summed E-state index contributed by atoms with van der Waals surface area (Å²) in [4.78, 5) is 15.1. The van der Waals surface area contributed by atoms with Crippen LogP contribution >= 0.6 is 15.9 Å². The molecular weight excluding hydrogens is 378 g/mol. The Labute approximate surface area is 157 Å². The van der Waals surface area contributed by atoms with Gasteiger partial charge in [-0.25, -0.2) is 0 Å². The zero-order valence-electron chi connectivity index (χ0n) is 14.6. The summed E-state index contributed by atoms with van der Waals surface area (Å²) in [6.45, 7) is 3.72. The second-order valence-electron chi connectivity index (χ2n) is 7.45. The zero-order chi connectivity index (χ0) is 17.2. The first-order valence-corrected chi connectivity index (χ1v) is 10.3. The molecule has 0 radical (unpaired) electrons. The van der Waals surface area contributed by atoms with Gasteiger partial charge in [-0.2, -0.15) is 0 Å². The molecule has 4 nitrogen and oxygen atoms in total. The Morgan fingerprint density at radius 2 is 2.04 bits per heavy atom. The predicted octanol–water partition coefficient (Wildman–Crippen LogP) is 3.78. The maximum absolute atomic E-state index is 12.5. The molecule has 2 aromatic rings. The summed E-state index contributed by atoms with van der Waals surface area (Å²) >= 11 is 3.50. The predicted molar refractivity (Wildman–Crippen MR) is 105 cm³/mol. The SMILES string of the molecule is O=C(Cn1ccc2cc(Br)ccc21)NC[C@@H]1CCCN2CCCC[C@@H]12. The Balaban J connectivity index is 1.35. The van der Waals surface area contributed by atoms with Crippen LogP contribution in [-0.4, -0.2) is 41.1 Å². The molecule has 1 amide bonds. The number of halogens is 1. The highest BCUT2D eigenvalue weighted by atomic mass is 79.9. The van der Waals surface area contributed by atoms with Crippen LogP contribution in [0.4, 0.5) is 0 Å². The first-order valence-electron chi connectivity index (χ1n) is 9.46. The lowest BCUT2D eigenvalue weighted by Crippen LogP contribution is -2.51. The van der Waals surface area contributed by atoms with Crippen molar-refractivity contribution in [2.45, 2.75) is 44.7 Å². The fourth-order valence-corrected chi connectivity index (χ4v) is 4.96. The van der Waals surface area contributed by atoms with E-state index in [1.807, 2.05) is 16.8 Å². The minimum Gasteiger partial charge on any atom is -0.354 e. The highest BCUT2D eigenvalue weighted by Gasteiger charge is 2.32. The van der Waals surface area contributed by atoms with Gasteiger partial charge in [0.1, 0.15) is 6.54 Å². The molecule has 0 spiro atoms. The standard InChI is InChI=1S/C20H26BrN3O/c21-17-6-7-19-15(12-17)8-11-24(19)14-20(25)22-13-16-4-3-10-23-9-2-1-5-18(16)23/h6-8,11-12,16,18H,1-5,9-10,13-14H2,(H,22,25)/t16-,18-/m0/s1. The Hall–Kier alpha value is -1.33. The Morgan fingerprint density at radius 1 is 1.16 bits per heavy atom. The van der Waals surface area contributed by atoms with Gasteiger partial charge in [-0.3, -0.25) is 4.79 Å². The lowest BCUT2D eigenvalue weighted by molar-refractivity contribution is -0.122. The van der Waals surface area contributed by atoms with Crippen molar-refractivity contribution in [3.63, 3.8) is 0 Å². The van der Waals surface area contributed by atoms with E-state index in [-0.39, 0.29) is 5.91 Å². The molecule has 0 unspecified atom stereocenters. The first-order chi connectivity index (χ1) is 12.2. The molecule has 25 heavy (non-hydrogen) atoms. The topological polar surface area (TPSA) is 37.3 Å². The van der Waals surface area contributed by atoms with Gasteiger partial charge in [-0.1, -0.05) is 22.4 Å². The third-order valence-corrected chi connectivity index (χ3v) is 6.33. The summed E-state index contributed by atoms with van der Waals surface area (Å²) in [6, 6.07) is 8.93. The molecule has 2 aliphatic rings. The molecule has 2 atom stereocenters. The molecule has 0 bridgehead atoms. The van der Waals surface area contributed by atoms with Gasteiger partial charge in [-0.05, 0) is 69.0 Å². The van der Waals surface area contributed by atoms with Crippen LogP contribution in [0.15, 0.2) is 34.9 Å². The van der Waals surface area contributed by atoms with Crippen LogP contribution in [0.1, 0.15) is 32.1 Å². The minimum absolute atomic E-state index is 0.119. The number of piperidine rings is 2. The second-order valence-corrected chi connectivity index (χ2v) is 8.37. The number of aromatic nitrogens is 1. The van der Waals surface area contributed by atoms with Crippen LogP contribution in [0.25, 0.3) is 10.9 Å². The number of benzene rings is 1. The molecular formula is C20H26BrN3O. The van der Waals surface area contributed by atoms with Gasteiger partial charge < -0.3 is 14.8 Å². The normalized spacial score (nSPS) is 24.2. The van der Waals surface area contributed by atoms with Crippen LogP contribution in [-0.2, 0) is 11.3 Å². The summed E-state index contributed by atoms with van der Waals surface area (Å²) in [7, 11) is 0. The van der Waals surface area contributed by atoms with E-state index in [1.54, 1.807) is 0 Å². The molecule has 1 aromatic heterocycles. The van der Waals surface area contributed by atoms with Gasteiger partial charge in [0.2, 0.25) is 5.91 Å². The Kier molecular flexibility index (Phi) is 5.13. The molecule has 2 aliphatic heterocycles. The molecule has 1 N–H and O–H groups in total. The van der Waals surface area contributed by atoms with Crippen LogP contribution in [0.2, 0.25) is 0 Å². The average Bonchev–Trinajstić information content (AvgIpc) is 3.01. The summed E-state index contributed by atoms with van der Waals surface area (Å²) in [5.74, 6) is 0.740. The number of carbonyl (C=O) groups is 1. The van der Waals surface area contributed by atoms with Gasteiger partial charge in [-0.15, -0.1) is 0 Å². The third-order valence-electron chi connectivity index (χ3n) is 5.84. The van der Waals surface area contributed by atoms with Gasteiger partial charge in [0.05, 0.1) is 0 Å². The number of amides is 1. The van der Waals surface area contributed by atoms with Crippen LogP contribution in [0, 0.1) is 5.92 Å². The van der Waals surface area contributed by atoms with Gasteiger partial charge in [0.15, 0.2) is 0 Å². The number of hydrogen-bond acceptors (Lipinski definition) is 2. The quantitative estimate of drug-likeness (QED) is 0.842. The molecule has 0 saturated carbocycles. The molecule has 0 aliphatic carbocycles. The largest absolute Gasteiger partial charge is 0.354 e. The van der Waals surface area contributed by atoms with E-state index in [0.29, 0.717) is 18.5 Å². The van der Waals surface area contributed by atoms with Crippen LogP contribution in [0.3, 0.4) is 0 Å². The van der Waals surface area contributed by atoms with E-state index in [2.05, 4.69) is 44.3 Å². The number of hydrogen-bond donors (Lipinski definition) is 1. The average molecular weight is 404 g/mol. The summed E-state index contributed by atoms with van der Waals surface area (Å²) in [5, 5.41) is 4.36. The highest BCUT2D eigenvalue weighted by molar-refractivity contribution is 9.10. The second kappa shape index (κ2) is 7.50. The Morgan fingerprint density at radius 3 is 2.96 bits per heavy atom. The van der Waals surface area contributed by atoms with Gasteiger partial charge in [0.25, 0.3) is 0 Å². The molecule has 5 heteroatoms. The van der Waals surface area contributed by atoms with E-state index < -0.39 is 0 Å². The fraction of sp³-hybridized carbons (Fsp3) is 0.550. The zero-order valence-corrected chi connectivity index (χ0v) is 16.2. The van der Waals surface area contributed by atoms with E-state index in [1.165, 1.54) is 45.2 Å². The fourth-order valence-electron chi connectivity index (χ4n) is 4.58. The Bertz CT molecular complexity index is 754. The smallest absolute Gasteiger partial charge is 0.239 e. The van der Waals surface area contributed by atoms with E-state index in [4.69, 9.17) is 0 Å². The summed E-state index contributed by atoms with van der Waals surface area (Å²) in [5.41, 5.74) is 1.11. The van der Waals surface area contributed by atoms with Crippen molar-refractivity contribution in [3.8, 4) is 0 Å². The van der Waals surface area contributed by atoms with Gasteiger partial charge >= 0.3 is 0 Å². The number of carbonyl (C=O) groups excluding carboxylic acids is 1. The van der Waals surface area contributed by atoms with E-state index >= 15 is 0 Å². The van der Waals surface area contributed by atoms with Crippen molar-refractivity contribution in [1.82, 2.24) is 14.8 Å². The maximum atomic E-state index is 12.5. The molecule has 2 saturated heterocycles. The molecule has 4 rings (SSSR count). The van der Waals surface area contributed by atoms with Crippen molar-refractivity contribution in [1.29, 1.82) is 0 Å². The van der Waals surface area contributed by atoms with E-state index in [9.17, 15) is 4.79 Å². The monoisotopic (exact) mass is 403 g/mol. The van der Waals surface area contributed by atoms with Crippen molar-refractivity contribution in [2.75, 3.05) is 19.6 Å². The van der Waals surface area contributed by atoms with Crippen molar-refractivity contribution < 1.29 is 4.79 Å². The molecule has 2 fully saturated rings. The number of nitrogens with one attached hydrogen (secondary N) is 1. The van der Waals surface area contributed by atoms with Crippen LogP contribution in [0.5, 0.6) is 0 Å². The number of rotatable bonds is 4. The van der Waals surface area contributed by atoms with Gasteiger partial charge in [0, 0.05) is 34.2 Å². The number of fused-ring (bicyclic) bond motifs is 2. The summed E-state index contributed by atoms with van der Waals surface area (Å²) < 4.78 is 3.10. The van der Waals surface area contributed by atoms with Crippen LogP contribution < -0.4 is 5.32 Å². The van der Waals surface area contributed by atoms with E-state index in [0.717, 1.165) is 21.9 Å². The van der Waals surface area contributed by atoms with Crippen molar-refractivity contribution in [2.24, 2.45) is 5.92 Å². The first kappa shape index (κ1) is 17.1. The lowest BCUT2D eigenvalue weighted by atomic mass is 9.83. The summed E-state index contributed by atoms with van der Waals surface area (Å²) in [6.07, 6.45) is 8.51. The van der Waals surface area contributed by atoms with Crippen molar-refractivity contribution >= 4 is 32.7 Å². The lowest BCUT2D eigenvalue weighted by Gasteiger charge is -2.44. The maximum Gasteiger partial charge on any atom is 0.239 e. The molecule has 1 aromatic carbocycles. The molecule has 3 heterocycles. The molecule has 134 valence electrons. The minimum atomic E-state index is 0.119. The number of nitrogens with zero attached hydrogens (tertiary/aromatic N) is 2. The highest BCUT2D eigenvalue weighted by Crippen LogP contribution is 2.30. The third kappa shape index (κ3) is 3.77.